The van der Waals surface area contributed by atoms with E-state index in [4.69, 9.17) is 18.9 Å². The summed E-state index contributed by atoms with van der Waals surface area (Å²) < 4.78 is 23.7. The van der Waals surface area contributed by atoms with Gasteiger partial charge in [-0.3, -0.25) is 0 Å². The summed E-state index contributed by atoms with van der Waals surface area (Å²) in [7, 11) is 0. The van der Waals surface area contributed by atoms with Crippen LogP contribution >= 0.6 is 0 Å². The highest BCUT2D eigenvalue weighted by molar-refractivity contribution is 5.55. The molecular weight excluding hydrogens is 641 g/mol. The molecule has 0 aromatic heterocycles. The monoisotopic (exact) mass is 690 g/mol. The van der Waals surface area contributed by atoms with Gasteiger partial charge in [0, 0.05) is 11.8 Å². The Morgan fingerprint density at radius 3 is 0.923 bits per heavy atom. The highest BCUT2D eigenvalue weighted by atomic mass is 16.5. The normalized spacial score (nSPS) is 10.9. The molecule has 0 atom stereocenters. The molecule has 5 aromatic rings. The van der Waals surface area contributed by atoms with Gasteiger partial charge in [-0.15, -0.1) is 0 Å². The van der Waals surface area contributed by atoms with Crippen molar-refractivity contribution < 1.29 is 18.9 Å². The molecule has 0 N–H and O–H groups in total. The Hall–Kier alpha value is -5.74. The molecule has 5 rings (SSSR count). The molecule has 0 radical (unpaired) electrons. The van der Waals surface area contributed by atoms with Crippen LogP contribution in [0.2, 0.25) is 0 Å². The van der Waals surface area contributed by atoms with E-state index >= 15 is 0 Å². The molecule has 4 heteroatoms. The van der Waals surface area contributed by atoms with Gasteiger partial charge in [0.1, 0.15) is 49.4 Å². The molecule has 0 fully saturated rings. The minimum atomic E-state index is -0.0215. The van der Waals surface area contributed by atoms with Gasteiger partial charge < -0.3 is 18.9 Å². The number of benzene rings is 5. The summed E-state index contributed by atoms with van der Waals surface area (Å²) in [4.78, 5) is 0. The summed E-state index contributed by atoms with van der Waals surface area (Å²) >= 11 is 0. The van der Waals surface area contributed by atoms with Crippen molar-refractivity contribution in [3.8, 4) is 23.0 Å². The van der Waals surface area contributed by atoms with Gasteiger partial charge in [-0.1, -0.05) is 123 Å². The van der Waals surface area contributed by atoms with Gasteiger partial charge in [-0.25, -0.2) is 0 Å². The Bertz CT molecular complexity index is 1820. The summed E-state index contributed by atoms with van der Waals surface area (Å²) in [6.07, 6.45) is 7.07. The predicted molar refractivity (Wildman–Crippen MR) is 216 cm³/mol. The Labute approximate surface area is 310 Å². The second kappa shape index (κ2) is 18.0. The molecule has 0 aliphatic heterocycles. The van der Waals surface area contributed by atoms with Gasteiger partial charge in [-0.05, 0) is 108 Å². The standard InChI is InChI=1S/C48H50O4/c1-9-25-49-43-21-17-39(18-22-43)45(40-19-23-44(24-20-40)50-26-10-2)37-13-15-38(16-14-37)46(41-29-33(5)47(34(6)30-41)51-27-11-3)42-31-35(7)48(36(8)32-42)52-28-12-4/h9-24,29-32,45-46H,1-4,25-28H2,5-8H3. The summed E-state index contributed by atoms with van der Waals surface area (Å²) in [5.74, 6) is 3.40. The van der Waals surface area contributed by atoms with Gasteiger partial charge in [0.15, 0.2) is 0 Å². The zero-order valence-corrected chi connectivity index (χ0v) is 31.0. The Kier molecular flexibility index (Phi) is 13.0. The quantitative estimate of drug-likeness (QED) is 0.0677. The molecule has 0 bridgehead atoms. The van der Waals surface area contributed by atoms with Crippen LogP contribution < -0.4 is 18.9 Å². The van der Waals surface area contributed by atoms with E-state index in [1.165, 1.54) is 22.3 Å². The van der Waals surface area contributed by atoms with Gasteiger partial charge >= 0.3 is 0 Å². The summed E-state index contributed by atoms with van der Waals surface area (Å²) in [6, 6.07) is 34.8. The lowest BCUT2D eigenvalue weighted by Gasteiger charge is -2.25. The van der Waals surface area contributed by atoms with E-state index in [0.29, 0.717) is 26.4 Å². The van der Waals surface area contributed by atoms with Crippen LogP contribution in [-0.2, 0) is 0 Å². The van der Waals surface area contributed by atoms with Crippen molar-refractivity contribution in [1.29, 1.82) is 0 Å². The lowest BCUT2D eigenvalue weighted by molar-refractivity contribution is 0.358. The summed E-state index contributed by atoms with van der Waals surface area (Å²) in [6.45, 7) is 25.5. The van der Waals surface area contributed by atoms with E-state index < -0.39 is 0 Å². The van der Waals surface area contributed by atoms with Crippen molar-refractivity contribution in [3.63, 3.8) is 0 Å². The molecule has 0 heterocycles. The van der Waals surface area contributed by atoms with Gasteiger partial charge in [0.25, 0.3) is 0 Å². The number of rotatable bonds is 18. The average molecular weight is 691 g/mol. The van der Waals surface area contributed by atoms with E-state index in [2.05, 4.69) is 127 Å². The fraction of sp³-hybridized carbons (Fsp3) is 0.208. The van der Waals surface area contributed by atoms with Crippen molar-refractivity contribution in [3.05, 3.63) is 203 Å². The van der Waals surface area contributed by atoms with Crippen LogP contribution in [0.3, 0.4) is 0 Å². The van der Waals surface area contributed by atoms with E-state index in [1.807, 2.05) is 24.3 Å². The lowest BCUT2D eigenvalue weighted by atomic mass is 9.80. The van der Waals surface area contributed by atoms with Gasteiger partial charge in [0.05, 0.1) is 0 Å². The average Bonchev–Trinajstić information content (AvgIpc) is 3.14. The van der Waals surface area contributed by atoms with Crippen molar-refractivity contribution in [2.45, 2.75) is 39.5 Å². The number of ether oxygens (including phenoxy) is 4. The largest absolute Gasteiger partial charge is 0.490 e. The molecule has 0 saturated heterocycles. The second-order valence-electron chi connectivity index (χ2n) is 13.0. The zero-order chi connectivity index (χ0) is 37.0. The molecule has 4 nitrogen and oxygen atoms in total. The third kappa shape index (κ3) is 8.94. The first-order valence-electron chi connectivity index (χ1n) is 17.7. The predicted octanol–water partition coefficient (Wildman–Crippen LogP) is 11.5. The van der Waals surface area contributed by atoms with Gasteiger partial charge in [0.2, 0.25) is 0 Å². The minimum absolute atomic E-state index is 0.00836. The van der Waals surface area contributed by atoms with E-state index in [1.54, 1.807) is 24.3 Å². The SMILES string of the molecule is C=CCOc1ccc(C(c2ccc(OCC=C)cc2)c2ccc(C(c3cc(C)c(OCC=C)c(C)c3)c3cc(C)c(OCC=C)c(C)c3)cc2)cc1. The molecule has 0 aliphatic rings. The van der Waals surface area contributed by atoms with Crippen molar-refractivity contribution in [1.82, 2.24) is 0 Å². The number of hydrogen-bond donors (Lipinski definition) is 0. The first-order valence-corrected chi connectivity index (χ1v) is 17.7. The highest BCUT2D eigenvalue weighted by Crippen LogP contribution is 2.40. The molecule has 52 heavy (non-hydrogen) atoms. The van der Waals surface area contributed by atoms with Crippen LogP contribution in [0.5, 0.6) is 23.0 Å². The molecule has 0 amide bonds. The summed E-state index contributed by atoms with van der Waals surface area (Å²) in [5, 5.41) is 0. The Morgan fingerprint density at radius 1 is 0.385 bits per heavy atom. The molecule has 0 unspecified atom stereocenters. The van der Waals surface area contributed by atoms with Crippen molar-refractivity contribution in [2.75, 3.05) is 26.4 Å². The third-order valence-electron chi connectivity index (χ3n) is 9.09. The minimum Gasteiger partial charge on any atom is -0.490 e. The maximum Gasteiger partial charge on any atom is 0.125 e. The fourth-order valence-electron chi connectivity index (χ4n) is 6.90. The molecule has 266 valence electrons. The van der Waals surface area contributed by atoms with Crippen molar-refractivity contribution >= 4 is 0 Å². The Balaban J connectivity index is 1.60. The van der Waals surface area contributed by atoms with Crippen molar-refractivity contribution in [2.24, 2.45) is 0 Å². The number of aryl methyl sites for hydroxylation is 4. The van der Waals surface area contributed by atoms with E-state index in [9.17, 15) is 0 Å². The number of hydrogen-bond acceptors (Lipinski definition) is 4. The van der Waals surface area contributed by atoms with Crippen LogP contribution in [0, 0.1) is 27.7 Å². The molecule has 0 spiro atoms. The topological polar surface area (TPSA) is 36.9 Å². The van der Waals surface area contributed by atoms with Crippen LogP contribution in [-0.4, -0.2) is 26.4 Å². The maximum absolute atomic E-state index is 6.07. The van der Waals surface area contributed by atoms with Crippen LogP contribution in [0.15, 0.2) is 148 Å². The molecular formula is C48H50O4. The van der Waals surface area contributed by atoms with Crippen LogP contribution in [0.1, 0.15) is 67.5 Å². The fourth-order valence-corrected chi connectivity index (χ4v) is 6.90. The molecule has 0 aliphatic carbocycles. The molecule has 0 saturated carbocycles. The first kappa shape index (κ1) is 37.5. The third-order valence-corrected chi connectivity index (χ3v) is 9.09. The van der Waals surface area contributed by atoms with E-state index in [0.717, 1.165) is 56.4 Å². The Morgan fingerprint density at radius 2 is 0.635 bits per heavy atom. The van der Waals surface area contributed by atoms with Gasteiger partial charge in [-0.2, -0.15) is 0 Å². The first-order chi connectivity index (χ1) is 25.3. The summed E-state index contributed by atoms with van der Waals surface area (Å²) in [5.41, 5.74) is 11.5. The van der Waals surface area contributed by atoms with Crippen LogP contribution in [0.4, 0.5) is 0 Å². The van der Waals surface area contributed by atoms with E-state index in [-0.39, 0.29) is 11.8 Å². The smallest absolute Gasteiger partial charge is 0.125 e. The maximum atomic E-state index is 6.07. The zero-order valence-electron chi connectivity index (χ0n) is 31.0. The van der Waals surface area contributed by atoms with Crippen LogP contribution in [0.25, 0.3) is 0 Å². The highest BCUT2D eigenvalue weighted by Gasteiger charge is 2.23. The second-order valence-corrected chi connectivity index (χ2v) is 13.0. The lowest BCUT2D eigenvalue weighted by Crippen LogP contribution is -2.09. The molecule has 5 aromatic carbocycles.